The average Bonchev–Trinajstić information content (AvgIpc) is 4.60. The number of aromatic nitrogens is 2. The van der Waals surface area contributed by atoms with E-state index in [0.29, 0.717) is 23.6 Å². The van der Waals surface area contributed by atoms with Crippen LogP contribution in [0.1, 0.15) is 173 Å². The molecule has 0 radical (unpaired) electrons. The maximum absolute atomic E-state index is 13.2. The van der Waals surface area contributed by atoms with Crippen LogP contribution in [0.25, 0.3) is 27.4 Å². The molecule has 2 saturated carbocycles. The Kier molecular flexibility index (Phi) is 18.1. The first-order valence-corrected chi connectivity index (χ1v) is 28.3. The summed E-state index contributed by atoms with van der Waals surface area (Å²) < 4.78 is 14.7. The van der Waals surface area contributed by atoms with Gasteiger partial charge in [-0.2, -0.15) is 0 Å². The minimum atomic E-state index is -0.457. The van der Waals surface area contributed by atoms with Gasteiger partial charge in [0.15, 0.2) is 0 Å². The number of fused-ring (bicyclic) bond motifs is 2. The lowest BCUT2D eigenvalue weighted by Crippen LogP contribution is -2.26. The molecule has 81 heavy (non-hydrogen) atoms. The zero-order chi connectivity index (χ0) is 58.5. The predicted molar refractivity (Wildman–Crippen MR) is 326 cm³/mol. The molecule has 2 aromatic heterocycles. The van der Waals surface area contributed by atoms with Crippen LogP contribution in [0.3, 0.4) is 0 Å². The van der Waals surface area contributed by atoms with Gasteiger partial charge in [-0.05, 0) is 185 Å². The maximum atomic E-state index is 13.2. The monoisotopic (exact) mass is 1090 g/mol. The van der Waals surface area contributed by atoms with Gasteiger partial charge >= 0.3 is 11.9 Å². The number of aliphatic hydroxyl groups is 1. The van der Waals surface area contributed by atoms with Crippen molar-refractivity contribution in [3.8, 4) is 0 Å². The number of carbonyl (C=O) groups is 4. The highest BCUT2D eigenvalue weighted by atomic mass is 16.5. The number of esters is 2. The fraction of sp³-hybridized carbons (Fsp3) is 0.343. The van der Waals surface area contributed by atoms with E-state index < -0.39 is 10.8 Å². The standard InChI is InChI=1S/C34H38N2O3.C34H36N2O3.C2H6O/c2*1-21(2)26-8-7-9-27(18-26)23(4)35-32(37)28-12-15-31-30(19-28)22(3)24(5)36(31)20-25-10-13-29(14-11-25)34(16-17-34)33(38)39-6;1-2-3/h7-15,18-19,21,23H,16-17,20H2,1-6H3,(H,35,37);7-15,18-19,23H,1,16-17,20H2,2-6H3,(H,35,37);3H,2H2,1H3/t2*23-;/m00./s1. The Morgan fingerprint density at radius 3 is 1.31 bits per heavy atom. The molecule has 0 aliphatic heterocycles. The maximum Gasteiger partial charge on any atom is 0.316 e. The van der Waals surface area contributed by atoms with Gasteiger partial charge in [0.2, 0.25) is 0 Å². The van der Waals surface area contributed by atoms with Gasteiger partial charge in [0, 0.05) is 64.0 Å². The zero-order valence-electron chi connectivity index (χ0n) is 49.4. The third kappa shape index (κ3) is 12.5. The van der Waals surface area contributed by atoms with Crippen molar-refractivity contribution < 1.29 is 33.8 Å². The molecule has 11 nitrogen and oxygen atoms in total. The number of ether oxygens (including phenoxy) is 2. The first kappa shape index (κ1) is 59.1. The van der Waals surface area contributed by atoms with Crippen molar-refractivity contribution >= 4 is 51.1 Å². The summed E-state index contributed by atoms with van der Waals surface area (Å²) >= 11 is 0. The Labute approximate surface area is 478 Å². The number of rotatable bonds is 16. The van der Waals surface area contributed by atoms with Crippen LogP contribution in [0.2, 0.25) is 0 Å². The number of aryl methyl sites for hydroxylation is 2. The number of methoxy groups -OCH3 is 2. The van der Waals surface area contributed by atoms with Crippen molar-refractivity contribution in [3.05, 3.63) is 218 Å². The number of hydrogen-bond donors (Lipinski definition) is 3. The van der Waals surface area contributed by atoms with Gasteiger partial charge in [-0.25, -0.2) is 0 Å². The van der Waals surface area contributed by atoms with Gasteiger partial charge in [-0.15, -0.1) is 0 Å². The lowest BCUT2D eigenvalue weighted by Gasteiger charge is -2.17. The van der Waals surface area contributed by atoms with Crippen LogP contribution in [0.5, 0.6) is 0 Å². The molecule has 0 unspecified atom stereocenters. The fourth-order valence-electron chi connectivity index (χ4n) is 11.1. The topological polar surface area (TPSA) is 141 Å². The van der Waals surface area contributed by atoms with Gasteiger partial charge in [0.1, 0.15) is 0 Å². The molecule has 10 rings (SSSR count). The molecule has 2 heterocycles. The van der Waals surface area contributed by atoms with Gasteiger partial charge in [-0.3, -0.25) is 19.2 Å². The molecular formula is C70H80N4O7. The average molecular weight is 1090 g/mol. The molecule has 3 N–H and O–H groups in total. The van der Waals surface area contributed by atoms with E-state index in [2.05, 4.69) is 153 Å². The highest BCUT2D eigenvalue weighted by molar-refractivity contribution is 6.00. The second-order valence-corrected chi connectivity index (χ2v) is 22.5. The summed E-state index contributed by atoms with van der Waals surface area (Å²) in [5.74, 6) is -0.00759. The summed E-state index contributed by atoms with van der Waals surface area (Å²) in [7, 11) is 2.91. The van der Waals surface area contributed by atoms with Crippen LogP contribution < -0.4 is 10.6 Å². The molecule has 2 aliphatic carbocycles. The number of carbonyl (C=O) groups excluding carboxylic acids is 4. The summed E-state index contributed by atoms with van der Waals surface area (Å²) in [6, 6.07) is 45.0. The van der Waals surface area contributed by atoms with E-state index in [-0.39, 0.29) is 42.4 Å². The third-order valence-corrected chi connectivity index (χ3v) is 16.8. The lowest BCUT2D eigenvalue weighted by molar-refractivity contribution is -0.144. The van der Waals surface area contributed by atoms with E-state index in [4.69, 9.17) is 14.6 Å². The smallest absolute Gasteiger partial charge is 0.316 e. The molecule has 2 fully saturated rings. The molecular weight excluding hydrogens is 1010 g/mol. The molecule has 2 amide bonds. The van der Waals surface area contributed by atoms with Crippen molar-refractivity contribution in [1.29, 1.82) is 0 Å². The number of hydrogen-bond acceptors (Lipinski definition) is 7. The summed E-state index contributed by atoms with van der Waals surface area (Å²) in [6.45, 7) is 26.2. The zero-order valence-corrected chi connectivity index (χ0v) is 49.4. The largest absolute Gasteiger partial charge is 0.468 e. The third-order valence-electron chi connectivity index (χ3n) is 16.8. The van der Waals surface area contributed by atoms with E-state index in [9.17, 15) is 19.2 Å². The Morgan fingerprint density at radius 1 is 0.556 bits per heavy atom. The van der Waals surface area contributed by atoms with Crippen molar-refractivity contribution in [2.75, 3.05) is 20.8 Å². The molecule has 0 spiro atoms. The van der Waals surface area contributed by atoms with E-state index in [1.54, 1.807) is 6.92 Å². The van der Waals surface area contributed by atoms with Crippen LogP contribution >= 0.6 is 0 Å². The summed E-state index contributed by atoms with van der Waals surface area (Å²) in [5, 5.41) is 16.1. The van der Waals surface area contributed by atoms with Crippen LogP contribution in [-0.2, 0) is 43.0 Å². The number of allylic oxidation sites excluding steroid dienone is 1. The van der Waals surface area contributed by atoms with Gasteiger partial charge in [0.25, 0.3) is 11.8 Å². The molecule has 0 bridgehead atoms. The van der Waals surface area contributed by atoms with Gasteiger partial charge in [-0.1, -0.05) is 117 Å². The normalized spacial score (nSPS) is 14.4. The summed E-state index contributed by atoms with van der Waals surface area (Å²) in [6.07, 6.45) is 3.38. The van der Waals surface area contributed by atoms with E-state index in [1.165, 1.54) is 47.9 Å². The highest BCUT2D eigenvalue weighted by Crippen LogP contribution is 2.50. The number of nitrogens with one attached hydrogen (secondary N) is 2. The molecule has 2 atom stereocenters. The Morgan fingerprint density at radius 2 is 0.938 bits per heavy atom. The molecule has 2 aliphatic rings. The first-order chi connectivity index (χ1) is 38.7. The SMILES string of the molecule is C=C(C)c1cccc([C@H](C)NC(=O)c2ccc3c(c2)c(C)c(C)n3Cc2ccc(C3(C(=O)OC)CC3)cc2)c1.CCO.COC(=O)C1(c2ccc(Cn3c(C)c(C)c4cc(C(=O)N[C@@H](C)c5cccc(C(C)C)c5)ccc43)cc2)CC1. The molecule has 0 saturated heterocycles. The second-order valence-electron chi connectivity index (χ2n) is 22.5. The lowest BCUT2D eigenvalue weighted by atomic mass is 9.95. The fourth-order valence-corrected chi connectivity index (χ4v) is 11.1. The number of nitrogens with zero attached hydrogens (tertiary/aromatic N) is 2. The molecule has 422 valence electrons. The van der Waals surface area contributed by atoms with Crippen LogP contribution in [0, 0.1) is 27.7 Å². The van der Waals surface area contributed by atoms with Gasteiger partial charge in [0.05, 0.1) is 37.1 Å². The first-order valence-electron chi connectivity index (χ1n) is 28.3. The van der Waals surface area contributed by atoms with Crippen LogP contribution in [0.15, 0.2) is 140 Å². The van der Waals surface area contributed by atoms with Crippen molar-refractivity contribution in [2.45, 2.75) is 137 Å². The van der Waals surface area contributed by atoms with Crippen molar-refractivity contribution in [1.82, 2.24) is 19.8 Å². The van der Waals surface area contributed by atoms with E-state index in [1.807, 2.05) is 69.3 Å². The van der Waals surface area contributed by atoms with Crippen LogP contribution in [0.4, 0.5) is 0 Å². The van der Waals surface area contributed by atoms with Gasteiger partial charge < -0.3 is 34.3 Å². The predicted octanol–water partition coefficient (Wildman–Crippen LogP) is 14.2. The molecule has 6 aromatic carbocycles. The molecule has 8 aromatic rings. The minimum absolute atomic E-state index is 0.0700. The van der Waals surface area contributed by atoms with E-state index in [0.717, 1.165) is 93.0 Å². The quantitative estimate of drug-likeness (QED) is 0.0818. The van der Waals surface area contributed by atoms with E-state index >= 15 is 0 Å². The van der Waals surface area contributed by atoms with Crippen molar-refractivity contribution in [3.63, 3.8) is 0 Å². The summed E-state index contributed by atoms with van der Waals surface area (Å²) in [4.78, 5) is 50.9. The Hall–Kier alpha value is -8.02. The highest BCUT2D eigenvalue weighted by Gasteiger charge is 2.53. The molecule has 11 heteroatoms. The number of benzene rings is 6. The van der Waals surface area contributed by atoms with Crippen LogP contribution in [-0.4, -0.2) is 58.8 Å². The summed E-state index contributed by atoms with van der Waals surface area (Å²) in [5.41, 5.74) is 17.2. The van der Waals surface area contributed by atoms with Crippen molar-refractivity contribution in [2.24, 2.45) is 0 Å². The number of amides is 2. The second kappa shape index (κ2) is 24.8. The minimum Gasteiger partial charge on any atom is -0.468 e. The Balaban J connectivity index is 0.000000203. The Bertz CT molecular complexity index is 3630. The number of aliphatic hydroxyl groups excluding tert-OH is 1.